The van der Waals surface area contributed by atoms with E-state index in [2.05, 4.69) is 10.3 Å². The minimum Gasteiger partial charge on any atom is -0.383 e. The minimum atomic E-state index is 0.0243. The van der Waals surface area contributed by atoms with Crippen molar-refractivity contribution in [1.82, 2.24) is 10.3 Å². The maximum Gasteiger partial charge on any atom is 0.172 e. The lowest BCUT2D eigenvalue weighted by atomic mass is 9.93. The van der Waals surface area contributed by atoms with Gasteiger partial charge in [0.25, 0.3) is 0 Å². The van der Waals surface area contributed by atoms with E-state index in [9.17, 15) is 4.79 Å². The van der Waals surface area contributed by atoms with E-state index in [-0.39, 0.29) is 17.5 Å². The first-order chi connectivity index (χ1) is 6.68. The Morgan fingerprint density at radius 1 is 1.64 bits per heavy atom. The van der Waals surface area contributed by atoms with Gasteiger partial charge in [0.2, 0.25) is 0 Å². The highest BCUT2D eigenvalue weighted by Crippen LogP contribution is 2.20. The van der Waals surface area contributed by atoms with Crippen LogP contribution in [0.5, 0.6) is 0 Å². The van der Waals surface area contributed by atoms with Gasteiger partial charge in [-0.2, -0.15) is 0 Å². The van der Waals surface area contributed by atoms with Gasteiger partial charge >= 0.3 is 0 Å². The Balaban J connectivity index is 2.29. The molecule has 0 unspecified atom stereocenters. The van der Waals surface area contributed by atoms with Crippen LogP contribution in [0, 0.1) is 5.92 Å². The van der Waals surface area contributed by atoms with E-state index in [1.165, 1.54) is 6.20 Å². The Bertz CT molecular complexity index is 376. The van der Waals surface area contributed by atoms with Gasteiger partial charge in [-0.3, -0.25) is 4.79 Å². The summed E-state index contributed by atoms with van der Waals surface area (Å²) in [6, 6.07) is 1.57. The third-order valence-corrected chi connectivity index (χ3v) is 2.51. The molecule has 1 aromatic heterocycles. The second kappa shape index (κ2) is 3.55. The number of aromatic nitrogens is 1. The molecular formula is C9H10ClN3O. The van der Waals surface area contributed by atoms with Crippen molar-refractivity contribution in [1.29, 1.82) is 0 Å². The van der Waals surface area contributed by atoms with E-state index >= 15 is 0 Å². The number of anilines is 1. The van der Waals surface area contributed by atoms with Gasteiger partial charge in [-0.05, 0) is 6.07 Å². The van der Waals surface area contributed by atoms with Gasteiger partial charge in [-0.1, -0.05) is 11.6 Å². The second-order valence-corrected chi connectivity index (χ2v) is 3.74. The Morgan fingerprint density at radius 3 is 2.93 bits per heavy atom. The third-order valence-electron chi connectivity index (χ3n) is 2.30. The van der Waals surface area contributed by atoms with E-state index in [4.69, 9.17) is 17.3 Å². The van der Waals surface area contributed by atoms with Crippen LogP contribution >= 0.6 is 11.6 Å². The van der Waals surface area contributed by atoms with Crippen molar-refractivity contribution >= 4 is 23.2 Å². The van der Waals surface area contributed by atoms with Crippen LogP contribution in [0.2, 0.25) is 5.02 Å². The van der Waals surface area contributed by atoms with Crippen molar-refractivity contribution in [2.24, 2.45) is 5.92 Å². The number of carbonyl (C=O) groups excluding carboxylic acids is 1. The largest absolute Gasteiger partial charge is 0.383 e. The van der Waals surface area contributed by atoms with Crippen molar-refractivity contribution < 1.29 is 4.79 Å². The van der Waals surface area contributed by atoms with Crippen molar-refractivity contribution in [2.75, 3.05) is 18.8 Å². The van der Waals surface area contributed by atoms with Crippen LogP contribution in [-0.2, 0) is 0 Å². The number of rotatable bonds is 2. The predicted octanol–water partition coefficient (Wildman–Crippen LogP) is 0.719. The monoisotopic (exact) mass is 211 g/mol. The van der Waals surface area contributed by atoms with Gasteiger partial charge in [0.1, 0.15) is 5.82 Å². The zero-order chi connectivity index (χ0) is 10.1. The Kier molecular flexibility index (Phi) is 2.39. The van der Waals surface area contributed by atoms with Crippen molar-refractivity contribution in [2.45, 2.75) is 0 Å². The molecule has 14 heavy (non-hydrogen) atoms. The number of hydrogen-bond donors (Lipinski definition) is 2. The molecule has 1 aromatic rings. The first-order valence-electron chi connectivity index (χ1n) is 4.34. The lowest BCUT2D eigenvalue weighted by molar-refractivity contribution is 0.0879. The van der Waals surface area contributed by atoms with Crippen LogP contribution in [0.3, 0.4) is 0 Å². The van der Waals surface area contributed by atoms with E-state index in [0.717, 1.165) is 0 Å². The Morgan fingerprint density at radius 2 is 2.36 bits per heavy atom. The summed E-state index contributed by atoms with van der Waals surface area (Å²) in [5.41, 5.74) is 6.03. The molecule has 1 saturated heterocycles. The molecule has 3 N–H and O–H groups in total. The molecule has 0 amide bonds. The van der Waals surface area contributed by atoms with Crippen LogP contribution in [-0.4, -0.2) is 23.9 Å². The van der Waals surface area contributed by atoms with E-state index < -0.39 is 0 Å². The van der Waals surface area contributed by atoms with Crippen molar-refractivity contribution in [3.05, 3.63) is 22.8 Å². The van der Waals surface area contributed by atoms with E-state index in [1.54, 1.807) is 6.07 Å². The summed E-state index contributed by atoms with van der Waals surface area (Å²) in [6.07, 6.45) is 1.44. The molecule has 2 heterocycles. The number of nitrogens with two attached hydrogens (primary N) is 1. The fourth-order valence-electron chi connectivity index (χ4n) is 1.34. The highest BCUT2D eigenvalue weighted by molar-refractivity contribution is 6.31. The first-order valence-corrected chi connectivity index (χ1v) is 4.72. The molecule has 1 aliphatic heterocycles. The molecule has 0 spiro atoms. The molecule has 0 bridgehead atoms. The summed E-state index contributed by atoms with van der Waals surface area (Å²) < 4.78 is 0. The summed E-state index contributed by atoms with van der Waals surface area (Å²) >= 11 is 5.74. The zero-order valence-corrected chi connectivity index (χ0v) is 8.21. The van der Waals surface area contributed by atoms with Crippen LogP contribution in [0.25, 0.3) is 0 Å². The van der Waals surface area contributed by atoms with E-state index in [0.29, 0.717) is 23.7 Å². The van der Waals surface area contributed by atoms with Crippen LogP contribution in [0.15, 0.2) is 12.3 Å². The summed E-state index contributed by atoms with van der Waals surface area (Å²) in [5.74, 6) is 0.306. The number of ketones is 1. The highest BCUT2D eigenvalue weighted by atomic mass is 35.5. The van der Waals surface area contributed by atoms with Crippen LogP contribution < -0.4 is 11.1 Å². The fourth-order valence-corrected chi connectivity index (χ4v) is 1.50. The molecule has 0 aliphatic carbocycles. The molecule has 0 radical (unpaired) electrons. The quantitative estimate of drug-likeness (QED) is 0.708. The Labute approximate surface area is 86.5 Å². The van der Waals surface area contributed by atoms with Gasteiger partial charge in [0, 0.05) is 25.2 Å². The standard InChI is InChI=1S/C9H10ClN3O/c10-6-1-7(9(11)13-4-6)8(14)5-2-12-3-5/h1,4-5,12H,2-3H2,(H2,11,13). The van der Waals surface area contributed by atoms with Crippen molar-refractivity contribution in [3.8, 4) is 0 Å². The average molecular weight is 212 g/mol. The molecular weight excluding hydrogens is 202 g/mol. The SMILES string of the molecule is Nc1ncc(Cl)cc1C(=O)C1CNC1. The summed E-state index contributed by atoms with van der Waals surface area (Å²) in [5, 5.41) is 3.47. The molecule has 0 atom stereocenters. The number of Topliss-reactive ketones (excluding diaryl/α,β-unsaturated/α-hetero) is 1. The van der Waals surface area contributed by atoms with Gasteiger partial charge < -0.3 is 11.1 Å². The number of nitrogens with zero attached hydrogens (tertiary/aromatic N) is 1. The van der Waals surface area contributed by atoms with Crippen LogP contribution in [0.4, 0.5) is 5.82 Å². The van der Waals surface area contributed by atoms with E-state index in [1.807, 2.05) is 0 Å². The third kappa shape index (κ3) is 1.58. The number of carbonyl (C=O) groups is 1. The average Bonchev–Trinajstić information content (AvgIpc) is 2.06. The number of nitrogen functional groups attached to an aromatic ring is 1. The number of hydrogen-bond acceptors (Lipinski definition) is 4. The lowest BCUT2D eigenvalue weighted by Gasteiger charge is -2.25. The van der Waals surface area contributed by atoms with Gasteiger partial charge in [0.15, 0.2) is 5.78 Å². The van der Waals surface area contributed by atoms with Gasteiger partial charge in [-0.25, -0.2) is 4.98 Å². The predicted molar refractivity (Wildman–Crippen MR) is 54.3 cm³/mol. The van der Waals surface area contributed by atoms with Gasteiger partial charge in [-0.15, -0.1) is 0 Å². The maximum absolute atomic E-state index is 11.8. The molecule has 1 fully saturated rings. The lowest BCUT2D eigenvalue weighted by Crippen LogP contribution is -2.46. The number of pyridine rings is 1. The second-order valence-electron chi connectivity index (χ2n) is 3.31. The summed E-state index contributed by atoms with van der Waals surface area (Å²) in [6.45, 7) is 1.43. The van der Waals surface area contributed by atoms with Gasteiger partial charge in [0.05, 0.1) is 10.6 Å². The molecule has 0 aromatic carbocycles. The minimum absolute atomic E-state index is 0.0243. The molecule has 2 rings (SSSR count). The Hall–Kier alpha value is -1.13. The first kappa shape index (κ1) is 9.43. The molecule has 0 saturated carbocycles. The maximum atomic E-state index is 11.8. The zero-order valence-electron chi connectivity index (χ0n) is 7.46. The smallest absolute Gasteiger partial charge is 0.172 e. The number of nitrogens with one attached hydrogen (secondary N) is 1. The number of halogens is 1. The fraction of sp³-hybridized carbons (Fsp3) is 0.333. The summed E-state index contributed by atoms with van der Waals surface area (Å²) in [7, 11) is 0. The topological polar surface area (TPSA) is 68.0 Å². The summed E-state index contributed by atoms with van der Waals surface area (Å²) in [4.78, 5) is 15.6. The highest BCUT2D eigenvalue weighted by Gasteiger charge is 2.27. The molecule has 4 nitrogen and oxygen atoms in total. The molecule has 1 aliphatic rings. The molecule has 74 valence electrons. The van der Waals surface area contributed by atoms with Crippen LogP contribution in [0.1, 0.15) is 10.4 Å². The normalized spacial score (nSPS) is 16.4. The van der Waals surface area contributed by atoms with Crippen molar-refractivity contribution in [3.63, 3.8) is 0 Å². The molecule has 5 heteroatoms.